The van der Waals surface area contributed by atoms with Crippen LogP contribution in [0.1, 0.15) is 42.2 Å². The topological polar surface area (TPSA) is 86.6 Å². The Bertz CT molecular complexity index is 1530. The number of aromatic nitrogens is 2. The van der Waals surface area contributed by atoms with E-state index in [0.717, 1.165) is 35.7 Å². The predicted molar refractivity (Wildman–Crippen MR) is 159 cm³/mol. The summed E-state index contributed by atoms with van der Waals surface area (Å²) in [5.41, 5.74) is 5.40. The number of unbranched alkanes of at least 4 members (excludes halogenated alkanes) is 1. The number of rotatable bonds is 8. The SMILES string of the molecule is C[C@@H]1CN(c2ccc(Cl)cc2)CCN1C(=O)c1ccc2nc(-c3ccc(Cl)cc3)c(CCCCC(=O)O)nc2c1. The fourth-order valence-electron chi connectivity index (χ4n) is 5.12. The number of nitrogens with zero attached hydrogens (tertiary/aromatic N) is 4. The Morgan fingerprint density at radius 2 is 1.60 bits per heavy atom. The maximum atomic E-state index is 13.6. The van der Waals surface area contributed by atoms with E-state index in [-0.39, 0.29) is 18.4 Å². The first-order chi connectivity index (χ1) is 19.3. The fraction of sp³-hybridized carbons (Fsp3) is 0.290. The van der Waals surface area contributed by atoms with E-state index >= 15 is 0 Å². The molecule has 2 heterocycles. The largest absolute Gasteiger partial charge is 0.481 e. The van der Waals surface area contributed by atoms with Gasteiger partial charge in [-0.15, -0.1) is 0 Å². The van der Waals surface area contributed by atoms with Gasteiger partial charge in [0, 0.05) is 59.0 Å². The molecule has 1 amide bonds. The third kappa shape index (κ3) is 6.37. The van der Waals surface area contributed by atoms with E-state index in [1.165, 1.54) is 0 Å². The molecule has 4 aromatic rings. The second-order valence-electron chi connectivity index (χ2n) is 10.1. The van der Waals surface area contributed by atoms with Crippen LogP contribution in [0.25, 0.3) is 22.3 Å². The summed E-state index contributed by atoms with van der Waals surface area (Å²) in [5, 5.41) is 10.4. The number of hydrogen-bond acceptors (Lipinski definition) is 5. The molecule has 3 aromatic carbocycles. The first kappa shape index (κ1) is 27.9. The molecular weight excluding hydrogens is 547 g/mol. The van der Waals surface area contributed by atoms with E-state index in [2.05, 4.69) is 11.8 Å². The van der Waals surface area contributed by atoms with Gasteiger partial charge in [0.1, 0.15) is 0 Å². The number of fused-ring (bicyclic) bond motifs is 1. The van der Waals surface area contributed by atoms with Crippen LogP contribution in [0.2, 0.25) is 10.0 Å². The highest BCUT2D eigenvalue weighted by Crippen LogP contribution is 2.28. The Kier molecular flexibility index (Phi) is 8.52. The number of benzene rings is 3. The Morgan fingerprint density at radius 3 is 2.27 bits per heavy atom. The summed E-state index contributed by atoms with van der Waals surface area (Å²) in [6, 6.07) is 20.7. The maximum Gasteiger partial charge on any atom is 0.303 e. The lowest BCUT2D eigenvalue weighted by atomic mass is 10.0. The molecular formula is C31H30Cl2N4O3. The van der Waals surface area contributed by atoms with Gasteiger partial charge in [-0.25, -0.2) is 9.97 Å². The minimum absolute atomic E-state index is 0.0239. The van der Waals surface area contributed by atoms with Crippen molar-refractivity contribution < 1.29 is 14.7 Å². The van der Waals surface area contributed by atoms with Crippen LogP contribution in [0.4, 0.5) is 5.69 Å². The normalized spacial score (nSPS) is 15.4. The molecule has 0 unspecified atom stereocenters. The van der Waals surface area contributed by atoms with E-state index < -0.39 is 5.97 Å². The lowest BCUT2D eigenvalue weighted by Crippen LogP contribution is -2.54. The molecule has 0 spiro atoms. The molecule has 1 aliphatic rings. The van der Waals surface area contributed by atoms with Crippen molar-refractivity contribution in [2.24, 2.45) is 0 Å². The van der Waals surface area contributed by atoms with Crippen LogP contribution >= 0.6 is 23.2 Å². The van der Waals surface area contributed by atoms with Gasteiger partial charge in [-0.2, -0.15) is 0 Å². The van der Waals surface area contributed by atoms with Crippen LogP contribution in [0.15, 0.2) is 66.7 Å². The lowest BCUT2D eigenvalue weighted by Gasteiger charge is -2.41. The molecule has 1 aliphatic heterocycles. The van der Waals surface area contributed by atoms with Crippen molar-refractivity contribution in [2.45, 2.75) is 38.6 Å². The Balaban J connectivity index is 1.39. The Hall–Kier alpha value is -3.68. The zero-order chi connectivity index (χ0) is 28.2. The fourth-order valence-corrected chi connectivity index (χ4v) is 5.37. The highest BCUT2D eigenvalue weighted by molar-refractivity contribution is 6.30. The van der Waals surface area contributed by atoms with Gasteiger partial charge >= 0.3 is 5.97 Å². The van der Waals surface area contributed by atoms with Gasteiger partial charge in [-0.05, 0) is 80.8 Å². The Morgan fingerprint density at radius 1 is 0.900 bits per heavy atom. The molecule has 9 heteroatoms. The first-order valence-corrected chi connectivity index (χ1v) is 14.1. The number of carboxylic acids is 1. The zero-order valence-electron chi connectivity index (χ0n) is 22.2. The smallest absolute Gasteiger partial charge is 0.303 e. The molecule has 1 N–H and O–H groups in total. The zero-order valence-corrected chi connectivity index (χ0v) is 23.7. The lowest BCUT2D eigenvalue weighted by molar-refractivity contribution is -0.137. The third-order valence-corrected chi connectivity index (χ3v) is 7.74. The standard InChI is InChI=1S/C31H30Cl2N4O3/c1-20-19-36(25-13-11-24(33)12-14-25)16-17-37(20)31(40)22-8-15-26-28(18-22)34-27(4-2-3-5-29(38)39)30(35-26)21-6-9-23(32)10-7-21/h6-15,18,20H,2-5,16-17,19H2,1H3,(H,38,39)/t20-/m1/s1. The van der Waals surface area contributed by atoms with E-state index in [9.17, 15) is 9.59 Å². The number of piperazine rings is 1. The minimum atomic E-state index is -0.811. The summed E-state index contributed by atoms with van der Waals surface area (Å²) >= 11 is 12.1. The van der Waals surface area contributed by atoms with Gasteiger partial charge in [0.15, 0.2) is 0 Å². The average molecular weight is 578 g/mol. The molecule has 0 bridgehead atoms. The molecule has 5 rings (SSSR count). The Labute approximate surface area is 243 Å². The van der Waals surface area contributed by atoms with Gasteiger partial charge in [-0.1, -0.05) is 35.3 Å². The van der Waals surface area contributed by atoms with E-state index in [0.29, 0.717) is 52.4 Å². The summed E-state index contributed by atoms with van der Waals surface area (Å²) in [5.74, 6) is -0.842. The van der Waals surface area contributed by atoms with Crippen molar-refractivity contribution in [3.8, 4) is 11.3 Å². The van der Waals surface area contributed by atoms with Gasteiger partial charge in [0.25, 0.3) is 5.91 Å². The van der Waals surface area contributed by atoms with Crippen molar-refractivity contribution in [3.05, 3.63) is 88.0 Å². The van der Waals surface area contributed by atoms with Gasteiger partial charge in [0.2, 0.25) is 0 Å². The van der Waals surface area contributed by atoms with Crippen molar-refractivity contribution >= 4 is 51.8 Å². The number of hydrogen-bond donors (Lipinski definition) is 1. The van der Waals surface area contributed by atoms with Crippen LogP contribution in [0.3, 0.4) is 0 Å². The molecule has 7 nitrogen and oxygen atoms in total. The molecule has 0 saturated carbocycles. The molecule has 40 heavy (non-hydrogen) atoms. The summed E-state index contributed by atoms with van der Waals surface area (Å²) in [6.45, 7) is 4.13. The molecule has 0 radical (unpaired) electrons. The highest BCUT2D eigenvalue weighted by Gasteiger charge is 2.28. The van der Waals surface area contributed by atoms with Gasteiger partial charge in [-0.3, -0.25) is 9.59 Å². The second kappa shape index (κ2) is 12.2. The predicted octanol–water partition coefficient (Wildman–Crippen LogP) is 6.75. The molecule has 1 saturated heterocycles. The van der Waals surface area contributed by atoms with Crippen LogP contribution in [0.5, 0.6) is 0 Å². The van der Waals surface area contributed by atoms with Gasteiger partial charge in [0.05, 0.1) is 22.4 Å². The third-order valence-electron chi connectivity index (χ3n) is 7.24. The quantitative estimate of drug-likeness (QED) is 0.233. The van der Waals surface area contributed by atoms with Crippen molar-refractivity contribution in [1.82, 2.24) is 14.9 Å². The molecule has 1 aromatic heterocycles. The van der Waals surface area contributed by atoms with Crippen molar-refractivity contribution in [3.63, 3.8) is 0 Å². The maximum absolute atomic E-state index is 13.6. The highest BCUT2D eigenvalue weighted by atomic mass is 35.5. The van der Waals surface area contributed by atoms with Crippen LogP contribution in [-0.4, -0.2) is 57.5 Å². The molecule has 0 aliphatic carbocycles. The summed E-state index contributed by atoms with van der Waals surface area (Å²) < 4.78 is 0. The minimum Gasteiger partial charge on any atom is -0.481 e. The summed E-state index contributed by atoms with van der Waals surface area (Å²) in [6.07, 6.45) is 1.91. The summed E-state index contributed by atoms with van der Waals surface area (Å²) in [4.78, 5) is 38.6. The number of aliphatic carboxylic acids is 1. The number of amides is 1. The molecule has 206 valence electrons. The number of carboxylic acid groups (broad SMARTS) is 1. The molecule has 1 atom stereocenters. The molecule has 1 fully saturated rings. The van der Waals surface area contributed by atoms with Crippen LogP contribution in [0, 0.1) is 0 Å². The monoisotopic (exact) mass is 576 g/mol. The number of carbonyl (C=O) groups excluding carboxylic acids is 1. The van der Waals surface area contributed by atoms with E-state index in [1.54, 1.807) is 0 Å². The van der Waals surface area contributed by atoms with Gasteiger partial charge < -0.3 is 14.9 Å². The van der Waals surface area contributed by atoms with Crippen LogP contribution in [-0.2, 0) is 11.2 Å². The van der Waals surface area contributed by atoms with E-state index in [1.807, 2.05) is 71.6 Å². The average Bonchev–Trinajstić information content (AvgIpc) is 2.95. The number of halogens is 2. The number of anilines is 1. The summed E-state index contributed by atoms with van der Waals surface area (Å²) in [7, 11) is 0. The van der Waals surface area contributed by atoms with Crippen molar-refractivity contribution in [1.29, 1.82) is 0 Å². The van der Waals surface area contributed by atoms with E-state index in [4.69, 9.17) is 38.3 Å². The number of aryl methyl sites for hydroxylation is 1. The first-order valence-electron chi connectivity index (χ1n) is 13.4. The second-order valence-corrected chi connectivity index (χ2v) is 11.0. The van der Waals surface area contributed by atoms with Crippen LogP contribution < -0.4 is 4.90 Å². The van der Waals surface area contributed by atoms with Crippen molar-refractivity contribution in [2.75, 3.05) is 24.5 Å². The number of carbonyl (C=O) groups is 2.